The zero-order valence-electron chi connectivity index (χ0n) is 47.8. The van der Waals surface area contributed by atoms with E-state index in [2.05, 4.69) is 103 Å². The van der Waals surface area contributed by atoms with Crippen LogP contribution in [0, 0.1) is 49.8 Å². The molecule has 7 rings (SSSR count). The lowest BCUT2D eigenvalue weighted by Crippen LogP contribution is -3.00. The second kappa shape index (κ2) is 32.3. The van der Waals surface area contributed by atoms with Gasteiger partial charge in [-0.1, -0.05) is 80.4 Å². The molecule has 3 aromatic heterocycles. The summed E-state index contributed by atoms with van der Waals surface area (Å²) in [5.41, 5.74) is 4.81. The number of halogens is 4. The first-order valence-electron chi connectivity index (χ1n) is 27.3. The number of aryl methyl sites for hydroxylation is 1. The monoisotopic (exact) mass is 1260 g/mol. The van der Waals surface area contributed by atoms with Crippen LogP contribution in [0.2, 0.25) is 5.15 Å². The topological polar surface area (TPSA) is 243 Å². The third kappa shape index (κ3) is 21.5. The molecule has 438 valence electrons. The van der Waals surface area contributed by atoms with Gasteiger partial charge in [-0.25, -0.2) is 18.4 Å². The molecule has 5 aromatic rings. The summed E-state index contributed by atoms with van der Waals surface area (Å²) in [6.07, 6.45) is 11.3. The zero-order chi connectivity index (χ0) is 58.6. The summed E-state index contributed by atoms with van der Waals surface area (Å²) >= 11 is 10.5. The van der Waals surface area contributed by atoms with Crippen molar-refractivity contribution in [3.63, 3.8) is 0 Å². The molecule has 0 aliphatic carbocycles. The Morgan fingerprint density at radius 3 is 1.76 bits per heavy atom. The van der Waals surface area contributed by atoms with Gasteiger partial charge in [-0.3, -0.25) is 14.6 Å². The fraction of sp³-hybridized carbons (Fsp3) is 0.569. The van der Waals surface area contributed by atoms with Crippen molar-refractivity contribution in [3.8, 4) is 12.1 Å². The molecule has 80 heavy (non-hydrogen) atoms. The second-order valence-electron chi connectivity index (χ2n) is 22.1. The summed E-state index contributed by atoms with van der Waals surface area (Å²) in [6.45, 7) is 22.4. The smallest absolute Gasteiger partial charge is 0.441 e. The molecule has 0 radical (unpaired) electrons. The number of carbonyl (C=O) groups excluding carboxylic acids is 2. The number of hydrogen-bond acceptors (Lipinski definition) is 14. The molecule has 2 fully saturated rings. The minimum absolute atomic E-state index is 0. The van der Waals surface area contributed by atoms with Crippen molar-refractivity contribution in [2.75, 3.05) is 44.6 Å². The summed E-state index contributed by atoms with van der Waals surface area (Å²) in [4.78, 5) is 59.7. The predicted octanol–water partition coefficient (Wildman–Crippen LogP) is 6.78. The van der Waals surface area contributed by atoms with Crippen molar-refractivity contribution in [1.29, 1.82) is 10.5 Å². The molecule has 2 atom stereocenters. The zero-order valence-corrected chi connectivity index (χ0v) is 51.5. The number of benzene rings is 2. The molecule has 5 heterocycles. The highest BCUT2D eigenvalue weighted by atomic mass is 127. The van der Waals surface area contributed by atoms with Crippen molar-refractivity contribution < 1.29 is 55.7 Å². The second-order valence-corrected chi connectivity index (χ2v) is 22.8. The maximum Gasteiger partial charge on any atom is 0.441 e. The Labute approximate surface area is 496 Å². The Morgan fingerprint density at radius 1 is 0.812 bits per heavy atom. The Kier molecular flexibility index (Phi) is 27.8. The number of pyridine rings is 1. The van der Waals surface area contributed by atoms with E-state index in [1.54, 1.807) is 0 Å². The Hall–Kier alpha value is -5.43. The molecule has 6 N–H and O–H groups in total. The number of nitrogens with one attached hydrogen (secondary N) is 4. The normalized spacial score (nSPS) is 15.8. The Balaban J connectivity index is 0.000000317. The van der Waals surface area contributed by atoms with Gasteiger partial charge in [-0.05, 0) is 130 Å². The molecule has 0 spiro atoms. The van der Waals surface area contributed by atoms with Crippen LogP contribution in [0.25, 0.3) is 21.9 Å². The predicted molar refractivity (Wildman–Crippen MR) is 307 cm³/mol. The number of anilines is 1. The van der Waals surface area contributed by atoms with Gasteiger partial charge in [0.2, 0.25) is 11.8 Å². The van der Waals surface area contributed by atoms with Gasteiger partial charge in [-0.15, -0.1) is 0 Å². The van der Waals surface area contributed by atoms with E-state index in [9.17, 15) is 38.5 Å². The average molecular weight is 1260 g/mol. The van der Waals surface area contributed by atoms with Crippen LogP contribution in [0.3, 0.4) is 0 Å². The molecule has 0 bridgehead atoms. The number of nitrogens with two attached hydrogens (primary N) is 1. The van der Waals surface area contributed by atoms with Crippen LogP contribution in [0.1, 0.15) is 132 Å². The van der Waals surface area contributed by atoms with Crippen LogP contribution in [0.15, 0.2) is 79.2 Å². The van der Waals surface area contributed by atoms with Gasteiger partial charge in [-0.2, -0.15) is 20.1 Å². The summed E-state index contributed by atoms with van der Waals surface area (Å²) in [7, 11) is 1.91. The lowest BCUT2D eigenvalue weighted by Gasteiger charge is -2.38. The molecule has 2 saturated heterocycles. The summed E-state index contributed by atoms with van der Waals surface area (Å²) in [6, 6.07) is 16.8. The molecule has 17 nitrogen and oxygen atoms in total. The van der Waals surface area contributed by atoms with Gasteiger partial charge in [0, 0.05) is 50.4 Å². The molecule has 2 aromatic carbocycles. The van der Waals surface area contributed by atoms with Crippen molar-refractivity contribution >= 4 is 63.4 Å². The molecular weight excluding hydrogens is 1180 g/mol. The molecule has 2 unspecified atom stereocenters. The largest absolute Gasteiger partial charge is 1.00 e. The van der Waals surface area contributed by atoms with Crippen LogP contribution >= 0.6 is 23.8 Å². The number of amides is 2. The fourth-order valence-corrected chi connectivity index (χ4v) is 9.22. The van der Waals surface area contributed by atoms with Gasteiger partial charge in [0.25, 0.3) is 5.15 Å². The first-order valence-corrected chi connectivity index (χ1v) is 28.1. The number of H-pyrrole nitrogens is 1. The van der Waals surface area contributed by atoms with Gasteiger partial charge >= 0.3 is 11.5 Å². The lowest BCUT2D eigenvalue weighted by molar-refractivity contribution is -0.669. The highest BCUT2D eigenvalue weighted by molar-refractivity contribution is 7.71. The van der Waals surface area contributed by atoms with Gasteiger partial charge < -0.3 is 64.3 Å². The third-order valence-electron chi connectivity index (χ3n) is 15.0. The third-order valence-corrected chi connectivity index (χ3v) is 15.7. The van der Waals surface area contributed by atoms with Crippen molar-refractivity contribution in [2.24, 2.45) is 23.6 Å². The standard InChI is InChI=1S/C26H36FN5O3.C18H34N4O.C8H4FNO2S.C6H7ClN.HI/c1-5-13-32-14-11-26(17-28,12-15-32)31-23(33)20(9-10-25(3,4)6-2)29-22-19-8-7-18(27)16-21(19)35-24(34)30-22;1-5-11-22-12-9-18(14-19,10-13-22)21-16(23)15(20)7-8-17(3,4)6-2;9-4-1-2-5-6(3-4)12-8(11)10-7(5)13;1-8-5-3-2-4-6(8)7;/h7-8,16,20H,5-6,9-15H2,1-4H3,(H,31,33)(H,29,30,34);15H,5-13,20H2,1-4H3,(H,21,23);1-3H,(H,10,11,13);2-5H,1H3;1H/q;;;+1;/p-1. The maximum atomic E-state index is 13.7. The molecular formula is C58H81ClF2IN11O6S. The number of aromatic nitrogens is 3. The summed E-state index contributed by atoms with van der Waals surface area (Å²) < 4.78 is 38.2. The highest BCUT2D eigenvalue weighted by Crippen LogP contribution is 2.31. The highest BCUT2D eigenvalue weighted by Gasteiger charge is 2.39. The van der Waals surface area contributed by atoms with Crippen molar-refractivity contribution in [2.45, 2.75) is 156 Å². The first-order chi connectivity index (χ1) is 37.3. The van der Waals surface area contributed by atoms with E-state index in [1.807, 2.05) is 36.0 Å². The number of nitrogens with zero attached hydrogens (tertiary/aromatic N) is 6. The minimum Gasteiger partial charge on any atom is -1.00 e. The number of rotatable bonds is 18. The van der Waals surface area contributed by atoms with Crippen LogP contribution in [0.5, 0.6) is 0 Å². The van der Waals surface area contributed by atoms with E-state index < -0.39 is 46.3 Å². The van der Waals surface area contributed by atoms with E-state index >= 15 is 0 Å². The number of carbonyl (C=O) groups is 2. The first kappa shape index (κ1) is 68.8. The fourth-order valence-electron chi connectivity index (χ4n) is 8.84. The van der Waals surface area contributed by atoms with E-state index in [0.29, 0.717) is 49.3 Å². The molecule has 2 aliphatic rings. The molecule has 22 heteroatoms. The van der Waals surface area contributed by atoms with E-state index in [-0.39, 0.29) is 68.2 Å². The SMILES string of the molecule is CCCN1CCC(C#N)(NC(=O)C(CCC(C)(C)CC)Nc2nc(=O)oc3cc(F)ccc23)CC1.CCCN1CCC(C#N)(NC(=O)C(N)CCC(C)(C)CC)CC1.C[n+]1ccccc1Cl.O=c1[nH]c(=S)c2ccc(F)cc2o1.[I-]. The van der Waals surface area contributed by atoms with Gasteiger partial charge in [0.1, 0.15) is 57.4 Å². The van der Waals surface area contributed by atoms with Gasteiger partial charge in [0.15, 0.2) is 6.20 Å². The van der Waals surface area contributed by atoms with Crippen LogP contribution in [0.4, 0.5) is 14.6 Å². The lowest BCUT2D eigenvalue weighted by atomic mass is 9.83. The number of piperidine rings is 2. The van der Waals surface area contributed by atoms with Crippen molar-refractivity contribution in [1.82, 2.24) is 30.4 Å². The minimum atomic E-state index is -0.935. The number of nitriles is 2. The molecule has 0 saturated carbocycles. The van der Waals surface area contributed by atoms with Crippen LogP contribution in [-0.2, 0) is 16.6 Å². The van der Waals surface area contributed by atoms with E-state index in [1.165, 1.54) is 24.3 Å². The van der Waals surface area contributed by atoms with E-state index in [4.69, 9.17) is 38.4 Å². The number of fused-ring (bicyclic) bond motifs is 2. The summed E-state index contributed by atoms with van der Waals surface area (Å²) in [5.74, 6) is -2.89. The Bertz CT molecular complexity index is 3050. The van der Waals surface area contributed by atoms with Crippen molar-refractivity contribution in [3.05, 3.63) is 103 Å². The average Bonchev–Trinajstić information content (AvgIpc) is 3.42. The Morgan fingerprint density at radius 2 is 1.30 bits per heavy atom. The van der Waals surface area contributed by atoms with Crippen LogP contribution in [-0.4, -0.2) is 94.0 Å². The van der Waals surface area contributed by atoms with Gasteiger partial charge in [0.05, 0.1) is 29.0 Å². The molecule has 2 aliphatic heterocycles. The molecule has 2 amide bonds. The number of aromatic amines is 1. The maximum absolute atomic E-state index is 13.7. The quantitative estimate of drug-likeness (QED) is 0.0263. The number of likely N-dealkylation sites (tertiary alicyclic amines) is 2. The number of hydrogen-bond donors (Lipinski definition) is 5. The van der Waals surface area contributed by atoms with Crippen LogP contribution < -0.4 is 61.7 Å². The van der Waals surface area contributed by atoms with E-state index in [0.717, 1.165) is 95.1 Å². The summed E-state index contributed by atoms with van der Waals surface area (Å²) in [5, 5.41) is 30.3.